The number of rotatable bonds is 6. The molecule has 0 radical (unpaired) electrons. The number of carbonyl (C=O) groups excluding carboxylic acids is 1. The summed E-state index contributed by atoms with van der Waals surface area (Å²) in [7, 11) is 0. The number of carbonyl (C=O) groups is 1. The van der Waals surface area contributed by atoms with Gasteiger partial charge in [-0.25, -0.2) is 9.97 Å². The molecule has 1 N–H and O–H groups in total. The van der Waals surface area contributed by atoms with Gasteiger partial charge in [0.2, 0.25) is 5.91 Å². The zero-order chi connectivity index (χ0) is 15.1. The Morgan fingerprint density at radius 2 is 1.95 bits per heavy atom. The van der Waals surface area contributed by atoms with Gasteiger partial charge in [-0.2, -0.15) is 0 Å². The average Bonchev–Trinajstić information content (AvgIpc) is 2.54. The number of hydrogen-bond acceptors (Lipinski definition) is 4. The third-order valence-electron chi connectivity index (χ3n) is 3.25. The van der Waals surface area contributed by atoms with Crippen molar-refractivity contribution in [3.05, 3.63) is 48.3 Å². The van der Waals surface area contributed by atoms with Gasteiger partial charge in [0.1, 0.15) is 0 Å². The van der Waals surface area contributed by atoms with Gasteiger partial charge < -0.3 is 5.32 Å². The fourth-order valence-corrected chi connectivity index (χ4v) is 2.54. The fraction of sp³-hybridized carbons (Fsp3) is 0.312. The van der Waals surface area contributed by atoms with Crippen LogP contribution in [0.25, 0.3) is 0 Å². The molecular weight excluding hydrogens is 282 g/mol. The van der Waals surface area contributed by atoms with Crippen molar-refractivity contribution in [2.45, 2.75) is 31.3 Å². The molecule has 2 rings (SSSR count). The number of aromatic nitrogens is 2. The molecule has 1 aromatic carbocycles. The largest absolute Gasteiger partial charge is 0.325 e. The number of amides is 1. The summed E-state index contributed by atoms with van der Waals surface area (Å²) < 4.78 is 0. The van der Waals surface area contributed by atoms with E-state index in [1.54, 1.807) is 18.5 Å². The van der Waals surface area contributed by atoms with Gasteiger partial charge in [0.15, 0.2) is 5.16 Å². The molecule has 0 aliphatic carbocycles. The predicted octanol–water partition coefficient (Wildman–Crippen LogP) is 3.72. The van der Waals surface area contributed by atoms with Crippen molar-refractivity contribution in [1.82, 2.24) is 9.97 Å². The number of nitrogens with zero attached hydrogens (tertiary/aromatic N) is 2. The van der Waals surface area contributed by atoms with Gasteiger partial charge in [-0.3, -0.25) is 4.79 Å². The molecule has 5 heteroatoms. The highest BCUT2D eigenvalue weighted by Crippen LogP contribution is 2.26. The normalized spacial score (nSPS) is 11.9. The first-order valence-electron chi connectivity index (χ1n) is 6.99. The summed E-state index contributed by atoms with van der Waals surface area (Å²) in [5.74, 6) is 0.689. The summed E-state index contributed by atoms with van der Waals surface area (Å²) in [4.78, 5) is 20.2. The molecule has 0 unspecified atom stereocenters. The molecule has 1 heterocycles. The van der Waals surface area contributed by atoms with Gasteiger partial charge in [0.05, 0.1) is 5.75 Å². The zero-order valence-electron chi connectivity index (χ0n) is 12.2. The topological polar surface area (TPSA) is 54.9 Å². The van der Waals surface area contributed by atoms with Crippen molar-refractivity contribution in [1.29, 1.82) is 0 Å². The molecule has 0 fully saturated rings. The summed E-state index contributed by atoms with van der Waals surface area (Å²) in [6.45, 7) is 4.31. The van der Waals surface area contributed by atoms with E-state index in [9.17, 15) is 4.79 Å². The standard InChI is InChI=1S/C16H19N3OS/c1-3-12(2)13-7-4-5-8-14(13)19-15(20)11-21-16-17-9-6-10-18-16/h4-10,12H,3,11H2,1-2H3,(H,19,20)/t12-/m1/s1. The monoisotopic (exact) mass is 301 g/mol. The van der Waals surface area contributed by atoms with Crippen LogP contribution < -0.4 is 5.32 Å². The first-order valence-corrected chi connectivity index (χ1v) is 7.98. The van der Waals surface area contributed by atoms with E-state index in [1.165, 1.54) is 17.3 Å². The number of thioether (sulfide) groups is 1. The van der Waals surface area contributed by atoms with E-state index in [1.807, 2.05) is 18.2 Å². The van der Waals surface area contributed by atoms with Crippen molar-refractivity contribution in [2.75, 3.05) is 11.1 Å². The Kier molecular flexibility index (Phi) is 5.75. The quantitative estimate of drug-likeness (QED) is 0.652. The minimum absolute atomic E-state index is 0.0387. The first kappa shape index (κ1) is 15.5. The van der Waals surface area contributed by atoms with Crippen LogP contribution in [0, 0.1) is 0 Å². The van der Waals surface area contributed by atoms with Crippen LogP contribution in [0.15, 0.2) is 47.9 Å². The van der Waals surface area contributed by atoms with Crippen LogP contribution in [0.4, 0.5) is 5.69 Å². The lowest BCUT2D eigenvalue weighted by Gasteiger charge is -2.15. The Balaban J connectivity index is 1.97. The van der Waals surface area contributed by atoms with Gasteiger partial charge in [-0.1, -0.05) is 43.8 Å². The molecule has 0 bridgehead atoms. The van der Waals surface area contributed by atoms with Crippen LogP contribution in [-0.4, -0.2) is 21.6 Å². The van der Waals surface area contributed by atoms with Crippen molar-refractivity contribution in [3.8, 4) is 0 Å². The smallest absolute Gasteiger partial charge is 0.234 e. The second-order valence-electron chi connectivity index (χ2n) is 4.76. The molecule has 0 saturated carbocycles. The highest BCUT2D eigenvalue weighted by molar-refractivity contribution is 7.99. The molecule has 0 saturated heterocycles. The van der Waals surface area contributed by atoms with Gasteiger partial charge in [-0.05, 0) is 30.0 Å². The van der Waals surface area contributed by atoms with Gasteiger partial charge >= 0.3 is 0 Å². The molecule has 2 aromatic rings. The van der Waals surface area contributed by atoms with Crippen molar-refractivity contribution >= 4 is 23.4 Å². The summed E-state index contributed by atoms with van der Waals surface area (Å²) in [6, 6.07) is 9.71. The van der Waals surface area contributed by atoms with Gasteiger partial charge in [0.25, 0.3) is 0 Å². The van der Waals surface area contributed by atoms with Gasteiger partial charge in [-0.15, -0.1) is 0 Å². The lowest BCUT2D eigenvalue weighted by atomic mass is 9.97. The maximum absolute atomic E-state index is 12.1. The van der Waals surface area contributed by atoms with E-state index >= 15 is 0 Å². The van der Waals surface area contributed by atoms with Gasteiger partial charge in [0, 0.05) is 18.1 Å². The van der Waals surface area contributed by atoms with Crippen molar-refractivity contribution < 1.29 is 4.79 Å². The molecule has 4 nitrogen and oxygen atoms in total. The van der Waals surface area contributed by atoms with Crippen LogP contribution in [0.3, 0.4) is 0 Å². The molecule has 0 aliphatic heterocycles. The van der Waals surface area contributed by atoms with E-state index < -0.39 is 0 Å². The molecular formula is C16H19N3OS. The van der Waals surface area contributed by atoms with Crippen LogP contribution in [0.5, 0.6) is 0 Å². The third kappa shape index (κ3) is 4.56. The fourth-order valence-electron chi connectivity index (χ4n) is 1.94. The molecule has 1 aromatic heterocycles. The molecule has 110 valence electrons. The predicted molar refractivity (Wildman–Crippen MR) is 86.5 cm³/mol. The maximum atomic E-state index is 12.1. The van der Waals surface area contributed by atoms with Crippen LogP contribution >= 0.6 is 11.8 Å². The molecule has 21 heavy (non-hydrogen) atoms. The molecule has 0 aliphatic rings. The second kappa shape index (κ2) is 7.78. The van der Waals surface area contributed by atoms with Crippen LogP contribution in [0.1, 0.15) is 31.7 Å². The summed E-state index contributed by atoms with van der Waals surface area (Å²) >= 11 is 1.33. The number of para-hydroxylation sites is 1. The Labute approximate surface area is 129 Å². The van der Waals surface area contributed by atoms with E-state index in [4.69, 9.17) is 0 Å². The summed E-state index contributed by atoms with van der Waals surface area (Å²) in [6.07, 6.45) is 4.39. The number of nitrogens with one attached hydrogen (secondary N) is 1. The SMILES string of the molecule is CC[C@@H](C)c1ccccc1NC(=O)CSc1ncccn1. The van der Waals surface area contributed by atoms with Crippen molar-refractivity contribution in [2.24, 2.45) is 0 Å². The lowest BCUT2D eigenvalue weighted by Crippen LogP contribution is -2.16. The second-order valence-corrected chi connectivity index (χ2v) is 5.71. The Morgan fingerprint density at radius 1 is 1.24 bits per heavy atom. The van der Waals surface area contributed by atoms with E-state index in [0.717, 1.165) is 12.1 Å². The lowest BCUT2D eigenvalue weighted by molar-refractivity contribution is -0.113. The summed E-state index contributed by atoms with van der Waals surface area (Å²) in [5.41, 5.74) is 2.07. The molecule has 1 atom stereocenters. The Bertz CT molecular complexity index is 589. The minimum Gasteiger partial charge on any atom is -0.325 e. The average molecular weight is 301 g/mol. The van der Waals surface area contributed by atoms with E-state index in [0.29, 0.717) is 16.8 Å². The molecule has 0 spiro atoms. The maximum Gasteiger partial charge on any atom is 0.234 e. The van der Waals surface area contributed by atoms with E-state index in [2.05, 4.69) is 35.2 Å². The third-order valence-corrected chi connectivity index (χ3v) is 4.13. The summed E-state index contributed by atoms with van der Waals surface area (Å²) in [5, 5.41) is 3.59. The highest BCUT2D eigenvalue weighted by Gasteiger charge is 2.11. The number of benzene rings is 1. The number of hydrogen-bond donors (Lipinski definition) is 1. The Morgan fingerprint density at radius 3 is 2.67 bits per heavy atom. The first-order chi connectivity index (χ1) is 10.2. The Hall–Kier alpha value is -1.88. The number of anilines is 1. The zero-order valence-corrected chi connectivity index (χ0v) is 13.1. The molecule has 1 amide bonds. The van der Waals surface area contributed by atoms with Crippen LogP contribution in [-0.2, 0) is 4.79 Å². The van der Waals surface area contributed by atoms with E-state index in [-0.39, 0.29) is 5.91 Å². The minimum atomic E-state index is -0.0387. The van der Waals surface area contributed by atoms with Crippen molar-refractivity contribution in [3.63, 3.8) is 0 Å². The van der Waals surface area contributed by atoms with Crippen LogP contribution in [0.2, 0.25) is 0 Å². The highest BCUT2D eigenvalue weighted by atomic mass is 32.2.